The highest BCUT2D eigenvalue weighted by atomic mass is 32.2. The number of aromatic nitrogens is 2. The van der Waals surface area contributed by atoms with Gasteiger partial charge in [-0.1, -0.05) is 6.92 Å². The molecule has 16 heteroatoms. The molecule has 0 aliphatic heterocycles. The minimum absolute atomic E-state index is 0.0985. The number of hydrogen-bond acceptors (Lipinski definition) is 7. The van der Waals surface area contributed by atoms with Crippen molar-refractivity contribution in [1.82, 2.24) is 15.6 Å². The van der Waals surface area contributed by atoms with Crippen LogP contribution in [0.25, 0.3) is 0 Å². The number of carbonyl (C=O) groups is 1. The number of sulfonamides is 1. The molecule has 1 aromatic carbocycles. The SMILES string of the molecule is CCCC(=O)NN(c1ccc(S(=O)(=O)Nc2ccc(OC)nn2)cc1)C(C(F)(F)F)C(F)(F)F. The highest BCUT2D eigenvalue weighted by Crippen LogP contribution is 2.38. The molecule has 2 N–H and O–H groups in total. The van der Waals surface area contributed by atoms with E-state index in [1.807, 2.05) is 0 Å². The largest absolute Gasteiger partial charge is 0.480 e. The molecule has 0 unspecified atom stereocenters. The second-order valence-corrected chi connectivity index (χ2v) is 8.38. The summed E-state index contributed by atoms with van der Waals surface area (Å²) in [7, 11) is -3.02. The molecule has 1 heterocycles. The van der Waals surface area contributed by atoms with Crippen molar-refractivity contribution in [3.8, 4) is 5.88 Å². The molecule has 0 saturated carbocycles. The predicted octanol–water partition coefficient (Wildman–Crippen LogP) is 3.42. The number of nitrogens with zero attached hydrogens (tertiary/aromatic N) is 3. The Hall–Kier alpha value is -3.30. The zero-order valence-corrected chi connectivity index (χ0v) is 18.4. The molecule has 34 heavy (non-hydrogen) atoms. The lowest BCUT2D eigenvalue weighted by molar-refractivity contribution is -0.251. The molecule has 188 valence electrons. The summed E-state index contributed by atoms with van der Waals surface area (Å²) in [5.41, 5.74) is 0.872. The minimum Gasteiger partial charge on any atom is -0.480 e. The highest BCUT2D eigenvalue weighted by molar-refractivity contribution is 7.92. The number of hydrazine groups is 1. The lowest BCUT2D eigenvalue weighted by atomic mass is 10.2. The molecular formula is C18H19F6N5O4S. The van der Waals surface area contributed by atoms with Crippen LogP contribution in [0, 0.1) is 0 Å². The number of anilines is 2. The average molecular weight is 515 g/mol. The fourth-order valence-electron chi connectivity index (χ4n) is 2.64. The van der Waals surface area contributed by atoms with E-state index >= 15 is 0 Å². The topological polar surface area (TPSA) is 114 Å². The number of halogens is 6. The normalized spacial score (nSPS) is 12.4. The van der Waals surface area contributed by atoms with Gasteiger partial charge in [-0.25, -0.2) is 8.42 Å². The van der Waals surface area contributed by atoms with Gasteiger partial charge in [0.15, 0.2) is 5.82 Å². The third kappa shape index (κ3) is 6.85. The maximum Gasteiger partial charge on any atom is 0.419 e. The van der Waals surface area contributed by atoms with E-state index in [1.165, 1.54) is 26.2 Å². The van der Waals surface area contributed by atoms with Crippen LogP contribution in [0.15, 0.2) is 41.3 Å². The maximum atomic E-state index is 13.3. The Morgan fingerprint density at radius 3 is 2.06 bits per heavy atom. The monoisotopic (exact) mass is 515 g/mol. The Bertz CT molecular complexity index is 1060. The van der Waals surface area contributed by atoms with Gasteiger partial charge in [0.1, 0.15) is 0 Å². The van der Waals surface area contributed by atoms with E-state index in [1.54, 1.807) is 5.43 Å². The summed E-state index contributed by atoms with van der Waals surface area (Å²) in [4.78, 5) is 11.3. The number of benzene rings is 1. The number of nitrogens with one attached hydrogen (secondary N) is 2. The smallest absolute Gasteiger partial charge is 0.419 e. The molecule has 0 radical (unpaired) electrons. The summed E-state index contributed by atoms with van der Waals surface area (Å²) >= 11 is 0. The summed E-state index contributed by atoms with van der Waals surface area (Å²) in [6, 6.07) is 1.40. The molecule has 2 aromatic rings. The number of rotatable bonds is 9. The van der Waals surface area contributed by atoms with Gasteiger partial charge in [0.2, 0.25) is 17.8 Å². The fraction of sp³-hybridized carbons (Fsp3) is 0.389. The molecule has 2 rings (SSSR count). The van der Waals surface area contributed by atoms with Crippen LogP contribution >= 0.6 is 0 Å². The number of methoxy groups -OCH3 is 1. The van der Waals surface area contributed by atoms with Crippen LogP contribution < -0.4 is 19.9 Å². The lowest BCUT2D eigenvalue weighted by Gasteiger charge is -2.35. The summed E-state index contributed by atoms with van der Waals surface area (Å²) in [6.45, 7) is 1.51. The number of ether oxygens (including phenoxy) is 1. The third-order valence-electron chi connectivity index (χ3n) is 4.11. The molecule has 0 bridgehead atoms. The molecule has 1 aromatic heterocycles. The van der Waals surface area contributed by atoms with Crippen molar-refractivity contribution in [2.45, 2.75) is 43.1 Å². The number of alkyl halides is 6. The van der Waals surface area contributed by atoms with Crippen LogP contribution in [-0.2, 0) is 14.8 Å². The molecule has 1 amide bonds. The summed E-state index contributed by atoms with van der Waals surface area (Å²) in [5.74, 6) is -1.20. The van der Waals surface area contributed by atoms with Crippen molar-refractivity contribution in [2.75, 3.05) is 16.8 Å². The first-order valence-corrected chi connectivity index (χ1v) is 10.9. The Morgan fingerprint density at radius 2 is 1.62 bits per heavy atom. The second kappa shape index (κ2) is 10.3. The molecule has 0 atom stereocenters. The van der Waals surface area contributed by atoms with Gasteiger partial charge in [0.25, 0.3) is 10.0 Å². The maximum absolute atomic E-state index is 13.3. The van der Waals surface area contributed by atoms with E-state index in [0.717, 1.165) is 12.1 Å². The Morgan fingerprint density at radius 1 is 1.03 bits per heavy atom. The van der Waals surface area contributed by atoms with E-state index in [9.17, 15) is 39.6 Å². The predicted molar refractivity (Wildman–Crippen MR) is 107 cm³/mol. The van der Waals surface area contributed by atoms with Gasteiger partial charge < -0.3 is 4.74 Å². The molecule has 0 spiro atoms. The van der Waals surface area contributed by atoms with Gasteiger partial charge in [-0.15, -0.1) is 10.2 Å². The third-order valence-corrected chi connectivity index (χ3v) is 5.48. The molecule has 0 fully saturated rings. The zero-order valence-electron chi connectivity index (χ0n) is 17.6. The Kier molecular flexibility index (Phi) is 8.18. The van der Waals surface area contributed by atoms with Crippen LogP contribution in [0.1, 0.15) is 19.8 Å². The molecule has 0 saturated heterocycles. The quantitative estimate of drug-likeness (QED) is 0.389. The molecular weight excluding hydrogens is 496 g/mol. The first-order chi connectivity index (χ1) is 15.7. The first kappa shape index (κ1) is 26.9. The van der Waals surface area contributed by atoms with E-state index < -0.39 is 44.9 Å². The van der Waals surface area contributed by atoms with Crippen LogP contribution in [0.5, 0.6) is 5.88 Å². The Labute approximate surface area is 190 Å². The number of carbonyl (C=O) groups excluding carboxylic acids is 1. The highest BCUT2D eigenvalue weighted by Gasteiger charge is 2.60. The van der Waals surface area contributed by atoms with Crippen LogP contribution in [-0.4, -0.2) is 50.0 Å². The van der Waals surface area contributed by atoms with E-state index in [-0.39, 0.29) is 29.5 Å². The minimum atomic E-state index is -5.81. The van der Waals surface area contributed by atoms with E-state index in [4.69, 9.17) is 4.74 Å². The standard InChI is InChI=1S/C18H19F6N5O4S/c1-3-4-14(30)27-29(16(17(19,20)21)18(22,23)24)11-5-7-12(8-6-11)34(31,32)28-13-9-10-15(33-2)26-25-13/h5-10,16H,3-4H2,1-2H3,(H,25,28)(H,27,30). The molecule has 0 aliphatic rings. The number of hydrogen-bond donors (Lipinski definition) is 2. The summed E-state index contributed by atoms with van der Waals surface area (Å²) in [5, 5.41) is 6.75. The summed E-state index contributed by atoms with van der Waals surface area (Å²) < 4.78 is 112. The average Bonchev–Trinajstić information content (AvgIpc) is 2.72. The van der Waals surface area contributed by atoms with Crippen molar-refractivity contribution in [3.63, 3.8) is 0 Å². The van der Waals surface area contributed by atoms with Crippen molar-refractivity contribution in [2.24, 2.45) is 0 Å². The van der Waals surface area contributed by atoms with Crippen molar-refractivity contribution in [1.29, 1.82) is 0 Å². The van der Waals surface area contributed by atoms with Crippen LogP contribution in [0.3, 0.4) is 0 Å². The molecule has 0 aliphatic carbocycles. The summed E-state index contributed by atoms with van der Waals surface area (Å²) in [6.07, 6.45) is -11.8. The van der Waals surface area contributed by atoms with Crippen LogP contribution in [0.2, 0.25) is 0 Å². The molecule has 9 nitrogen and oxygen atoms in total. The van der Waals surface area contributed by atoms with Gasteiger partial charge in [-0.2, -0.15) is 26.3 Å². The lowest BCUT2D eigenvalue weighted by Crippen LogP contribution is -2.61. The van der Waals surface area contributed by atoms with Crippen LogP contribution in [0.4, 0.5) is 37.8 Å². The number of amides is 1. The van der Waals surface area contributed by atoms with E-state index in [0.29, 0.717) is 12.1 Å². The fourth-order valence-corrected chi connectivity index (χ4v) is 3.64. The van der Waals surface area contributed by atoms with Crippen molar-refractivity contribution >= 4 is 27.4 Å². The first-order valence-electron chi connectivity index (χ1n) is 9.41. The second-order valence-electron chi connectivity index (χ2n) is 6.70. The van der Waals surface area contributed by atoms with Gasteiger partial charge >= 0.3 is 12.4 Å². The van der Waals surface area contributed by atoms with Crippen molar-refractivity contribution < 1.29 is 44.3 Å². The zero-order chi connectivity index (χ0) is 25.7. The Balaban J connectivity index is 2.40. The van der Waals surface area contributed by atoms with Gasteiger partial charge in [-0.05, 0) is 36.8 Å². The van der Waals surface area contributed by atoms with Crippen molar-refractivity contribution in [3.05, 3.63) is 36.4 Å². The van der Waals surface area contributed by atoms with Gasteiger partial charge in [0, 0.05) is 12.5 Å². The van der Waals surface area contributed by atoms with E-state index in [2.05, 4.69) is 14.9 Å². The van der Waals surface area contributed by atoms with Gasteiger partial charge in [-0.3, -0.25) is 20.0 Å². The van der Waals surface area contributed by atoms with Gasteiger partial charge in [0.05, 0.1) is 17.7 Å².